The molecule has 0 aromatic rings. The van der Waals surface area contributed by atoms with E-state index >= 15 is 0 Å². The molecular weight excluding hydrogens is 202 g/mol. The maximum Gasteiger partial charge on any atom is 0.0898 e. The first-order chi connectivity index (χ1) is 7.47. The molecule has 2 N–H and O–H groups in total. The average Bonchev–Trinajstić information content (AvgIpc) is 2.24. The van der Waals surface area contributed by atoms with Crippen molar-refractivity contribution in [3.05, 3.63) is 0 Å². The van der Waals surface area contributed by atoms with Gasteiger partial charge in [0.2, 0.25) is 0 Å². The molecule has 1 saturated carbocycles. The van der Waals surface area contributed by atoms with Gasteiger partial charge in [-0.15, -0.1) is 0 Å². The number of hydrogen-bond acceptors (Lipinski definition) is 3. The van der Waals surface area contributed by atoms with Crippen LogP contribution in [-0.2, 0) is 4.74 Å². The second-order valence-corrected chi connectivity index (χ2v) is 5.82. The monoisotopic (exact) mass is 229 g/mol. The second-order valence-electron chi connectivity index (χ2n) is 5.82. The van der Waals surface area contributed by atoms with Crippen LogP contribution < -0.4 is 5.32 Å². The van der Waals surface area contributed by atoms with E-state index in [4.69, 9.17) is 4.74 Å². The quantitative estimate of drug-likeness (QED) is 0.758. The molecule has 0 saturated heterocycles. The van der Waals surface area contributed by atoms with Crippen LogP contribution in [0.15, 0.2) is 0 Å². The summed E-state index contributed by atoms with van der Waals surface area (Å²) in [6, 6.07) is 0.609. The smallest absolute Gasteiger partial charge is 0.0898 e. The Morgan fingerprint density at radius 1 is 1.25 bits per heavy atom. The third kappa shape index (κ3) is 6.46. The standard InChI is InChI=1S/C13H27NO2/c1-13(2,3)16-10-12(15)9-14-11-7-5-4-6-8-11/h11-12,14-15H,4-10H2,1-3H3. The average molecular weight is 229 g/mol. The van der Waals surface area contributed by atoms with Gasteiger partial charge >= 0.3 is 0 Å². The summed E-state index contributed by atoms with van der Waals surface area (Å²) in [5, 5.41) is 13.2. The van der Waals surface area contributed by atoms with Crippen molar-refractivity contribution < 1.29 is 9.84 Å². The van der Waals surface area contributed by atoms with Gasteiger partial charge in [0.1, 0.15) is 0 Å². The lowest BCUT2D eigenvalue weighted by atomic mass is 9.95. The van der Waals surface area contributed by atoms with Crippen LogP contribution in [0.2, 0.25) is 0 Å². The van der Waals surface area contributed by atoms with Gasteiger partial charge in [0.25, 0.3) is 0 Å². The van der Waals surface area contributed by atoms with E-state index in [1.165, 1.54) is 32.1 Å². The summed E-state index contributed by atoms with van der Waals surface area (Å²) >= 11 is 0. The molecule has 0 amide bonds. The summed E-state index contributed by atoms with van der Waals surface area (Å²) in [7, 11) is 0. The number of ether oxygens (including phenoxy) is 1. The number of rotatable bonds is 5. The van der Waals surface area contributed by atoms with Crippen molar-refractivity contribution in [3.8, 4) is 0 Å². The third-order valence-electron chi connectivity index (χ3n) is 2.96. The molecule has 0 aliphatic heterocycles. The van der Waals surface area contributed by atoms with Crippen molar-refractivity contribution in [2.24, 2.45) is 0 Å². The number of hydrogen-bond donors (Lipinski definition) is 2. The summed E-state index contributed by atoms with van der Waals surface area (Å²) < 4.78 is 5.54. The molecule has 3 nitrogen and oxygen atoms in total. The Kier molecular flexibility index (Phi) is 5.73. The first-order valence-corrected chi connectivity index (χ1v) is 6.53. The topological polar surface area (TPSA) is 41.5 Å². The molecule has 96 valence electrons. The van der Waals surface area contributed by atoms with Gasteiger partial charge in [-0.05, 0) is 33.6 Å². The predicted octanol–water partition coefficient (Wildman–Crippen LogP) is 2.08. The molecule has 1 fully saturated rings. The Hall–Kier alpha value is -0.120. The Labute approximate surface area is 99.6 Å². The molecule has 16 heavy (non-hydrogen) atoms. The van der Waals surface area contributed by atoms with Crippen molar-refractivity contribution >= 4 is 0 Å². The van der Waals surface area contributed by atoms with Crippen LogP contribution in [0.5, 0.6) is 0 Å². The van der Waals surface area contributed by atoms with Crippen molar-refractivity contribution in [1.82, 2.24) is 5.32 Å². The van der Waals surface area contributed by atoms with E-state index in [9.17, 15) is 5.11 Å². The van der Waals surface area contributed by atoms with Crippen LogP contribution in [0.4, 0.5) is 0 Å². The zero-order valence-electron chi connectivity index (χ0n) is 11.0. The lowest BCUT2D eigenvalue weighted by Gasteiger charge is -2.26. The van der Waals surface area contributed by atoms with Gasteiger partial charge < -0.3 is 15.2 Å². The van der Waals surface area contributed by atoms with Gasteiger partial charge in [-0.2, -0.15) is 0 Å². The van der Waals surface area contributed by atoms with E-state index in [2.05, 4.69) is 5.32 Å². The molecular formula is C13H27NO2. The summed E-state index contributed by atoms with van der Waals surface area (Å²) in [6.07, 6.45) is 6.15. The summed E-state index contributed by atoms with van der Waals surface area (Å²) in [6.45, 7) is 7.10. The molecule has 0 spiro atoms. The highest BCUT2D eigenvalue weighted by Gasteiger charge is 2.16. The lowest BCUT2D eigenvalue weighted by molar-refractivity contribution is -0.0485. The van der Waals surface area contributed by atoms with Gasteiger partial charge in [-0.1, -0.05) is 19.3 Å². The van der Waals surface area contributed by atoms with Crippen molar-refractivity contribution in [2.75, 3.05) is 13.2 Å². The zero-order valence-corrected chi connectivity index (χ0v) is 11.0. The Morgan fingerprint density at radius 2 is 1.88 bits per heavy atom. The van der Waals surface area contributed by atoms with Crippen molar-refractivity contribution in [2.45, 2.75) is 70.6 Å². The minimum atomic E-state index is -0.388. The molecule has 1 unspecified atom stereocenters. The van der Waals surface area contributed by atoms with E-state index in [0.717, 1.165) is 0 Å². The predicted molar refractivity (Wildman–Crippen MR) is 66.6 cm³/mol. The number of nitrogens with one attached hydrogen (secondary N) is 1. The van der Waals surface area contributed by atoms with Gasteiger partial charge in [0, 0.05) is 12.6 Å². The van der Waals surface area contributed by atoms with Crippen molar-refractivity contribution in [3.63, 3.8) is 0 Å². The maximum absolute atomic E-state index is 9.76. The maximum atomic E-state index is 9.76. The Morgan fingerprint density at radius 3 is 2.44 bits per heavy atom. The van der Waals surface area contributed by atoms with E-state index in [0.29, 0.717) is 19.2 Å². The molecule has 1 aliphatic carbocycles. The highest BCUT2D eigenvalue weighted by atomic mass is 16.5. The summed E-state index contributed by atoms with van der Waals surface area (Å²) in [5.41, 5.74) is -0.161. The molecule has 3 heteroatoms. The summed E-state index contributed by atoms with van der Waals surface area (Å²) in [4.78, 5) is 0. The van der Waals surface area contributed by atoms with E-state index in [-0.39, 0.29) is 11.7 Å². The van der Waals surface area contributed by atoms with E-state index in [1.54, 1.807) is 0 Å². The van der Waals surface area contributed by atoms with Crippen LogP contribution in [0.25, 0.3) is 0 Å². The zero-order chi connectivity index (χ0) is 12.0. The molecule has 1 aliphatic rings. The van der Waals surface area contributed by atoms with Crippen LogP contribution >= 0.6 is 0 Å². The SMILES string of the molecule is CC(C)(C)OCC(O)CNC1CCCCC1. The largest absolute Gasteiger partial charge is 0.389 e. The number of aliphatic hydroxyl groups excluding tert-OH is 1. The van der Waals surface area contributed by atoms with Crippen LogP contribution in [-0.4, -0.2) is 36.0 Å². The minimum Gasteiger partial charge on any atom is -0.389 e. The minimum absolute atomic E-state index is 0.161. The lowest BCUT2D eigenvalue weighted by Crippen LogP contribution is -2.39. The first kappa shape index (κ1) is 13.9. The summed E-state index contributed by atoms with van der Waals surface area (Å²) in [5.74, 6) is 0. The third-order valence-corrected chi connectivity index (χ3v) is 2.96. The normalized spacial score (nSPS) is 21.0. The second kappa shape index (κ2) is 6.58. The Bertz CT molecular complexity index is 183. The fraction of sp³-hybridized carbons (Fsp3) is 1.00. The molecule has 0 radical (unpaired) electrons. The molecule has 0 aromatic heterocycles. The molecule has 1 atom stereocenters. The number of aliphatic hydroxyl groups is 1. The Balaban J connectivity index is 2.07. The van der Waals surface area contributed by atoms with Crippen LogP contribution in [0.3, 0.4) is 0 Å². The molecule has 1 rings (SSSR count). The fourth-order valence-electron chi connectivity index (χ4n) is 2.01. The first-order valence-electron chi connectivity index (χ1n) is 6.53. The van der Waals surface area contributed by atoms with E-state index in [1.807, 2.05) is 20.8 Å². The van der Waals surface area contributed by atoms with Crippen LogP contribution in [0.1, 0.15) is 52.9 Å². The fourth-order valence-corrected chi connectivity index (χ4v) is 2.01. The highest BCUT2D eigenvalue weighted by molar-refractivity contribution is 4.73. The van der Waals surface area contributed by atoms with Gasteiger partial charge in [0.15, 0.2) is 0 Å². The highest BCUT2D eigenvalue weighted by Crippen LogP contribution is 2.17. The molecule has 0 heterocycles. The van der Waals surface area contributed by atoms with Crippen LogP contribution in [0, 0.1) is 0 Å². The van der Waals surface area contributed by atoms with Gasteiger partial charge in [-0.25, -0.2) is 0 Å². The van der Waals surface area contributed by atoms with E-state index < -0.39 is 0 Å². The molecule has 0 aromatic carbocycles. The molecule has 0 bridgehead atoms. The van der Waals surface area contributed by atoms with Gasteiger partial charge in [-0.3, -0.25) is 0 Å². The van der Waals surface area contributed by atoms with Crippen molar-refractivity contribution in [1.29, 1.82) is 0 Å². The van der Waals surface area contributed by atoms with Gasteiger partial charge in [0.05, 0.1) is 18.3 Å².